The average molecular weight is 416 g/mol. The third-order valence-electron chi connectivity index (χ3n) is 0. The summed E-state index contributed by atoms with van der Waals surface area (Å²) in [6, 6.07) is 0. The monoisotopic (exact) mass is 414 g/mol. The van der Waals surface area contributed by atoms with Crippen LogP contribution in [0.15, 0.2) is 0 Å². The van der Waals surface area contributed by atoms with Gasteiger partial charge in [0, 0.05) is 0 Å². The van der Waals surface area contributed by atoms with Gasteiger partial charge in [-0.15, -0.1) is 49.6 Å². The molecular formula is H4Cl4O2U. The Hall–Kier alpha value is 1.81. The number of hydrogen-bond acceptors (Lipinski definition) is 2. The van der Waals surface area contributed by atoms with Gasteiger partial charge in [0.05, 0.1) is 0 Å². The van der Waals surface area contributed by atoms with E-state index in [9.17, 15) is 0 Å². The summed E-state index contributed by atoms with van der Waals surface area (Å²) in [6.07, 6.45) is 0. The van der Waals surface area contributed by atoms with Gasteiger partial charge in [-0.25, -0.2) is 0 Å². The molecule has 0 heterocycles. The molecule has 0 radical (unpaired) electrons. The molecule has 0 aliphatic rings. The van der Waals surface area contributed by atoms with Crippen molar-refractivity contribution >= 4 is 49.6 Å². The van der Waals surface area contributed by atoms with Crippen LogP contribution in [0.3, 0.4) is 0 Å². The van der Waals surface area contributed by atoms with E-state index in [0.29, 0.717) is 0 Å². The maximum absolute atomic E-state index is 8.58. The molecule has 0 spiro atoms. The van der Waals surface area contributed by atoms with E-state index in [2.05, 4.69) is 0 Å². The Bertz CT molecular complexity index is 30.7. The number of rotatable bonds is 0. The minimum atomic E-state index is -2.51. The molecule has 0 aromatic heterocycles. The molecule has 0 saturated heterocycles. The molecule has 0 bridgehead atoms. The van der Waals surface area contributed by atoms with Gasteiger partial charge < -0.3 is 0 Å². The Kier molecular flexibility index (Phi) is 242. The van der Waals surface area contributed by atoms with Crippen molar-refractivity contribution in [3.05, 3.63) is 0 Å². The molecule has 0 aromatic carbocycles. The van der Waals surface area contributed by atoms with E-state index < -0.39 is 27.8 Å². The number of halogens is 4. The third-order valence-corrected chi connectivity index (χ3v) is 0. The van der Waals surface area contributed by atoms with Crippen LogP contribution in [0.2, 0.25) is 0 Å². The van der Waals surface area contributed by atoms with Gasteiger partial charge in [0.15, 0.2) is 0 Å². The van der Waals surface area contributed by atoms with Crippen LogP contribution in [0.25, 0.3) is 0 Å². The fourth-order valence-corrected chi connectivity index (χ4v) is 0. The van der Waals surface area contributed by atoms with Crippen LogP contribution in [-0.4, -0.2) is 0 Å². The Balaban J connectivity index is -0.00000000333. The van der Waals surface area contributed by atoms with Gasteiger partial charge in [-0.3, -0.25) is 0 Å². The summed E-state index contributed by atoms with van der Waals surface area (Å²) in [7, 11) is 0. The fourth-order valence-electron chi connectivity index (χ4n) is 0. The van der Waals surface area contributed by atoms with Gasteiger partial charge in [0.2, 0.25) is 0 Å². The molecule has 0 N–H and O–H groups in total. The normalized spacial score (nSPS) is 1.14. The summed E-state index contributed by atoms with van der Waals surface area (Å²) in [5.41, 5.74) is 0. The van der Waals surface area contributed by atoms with Crippen molar-refractivity contribution in [3.8, 4) is 0 Å². The molecule has 7 heteroatoms. The van der Waals surface area contributed by atoms with Crippen molar-refractivity contribution in [2.45, 2.75) is 0 Å². The predicted octanol–water partition coefficient (Wildman–Crippen LogP) is 1.45. The second-order valence-corrected chi connectivity index (χ2v) is 0.777. The first kappa shape index (κ1) is 37.0. The summed E-state index contributed by atoms with van der Waals surface area (Å²) >= 11 is -2.51. The standard InChI is InChI=1S/4ClH.2O.U/h4*1H;;;. The van der Waals surface area contributed by atoms with Crippen LogP contribution in [-0.2, 0) is 4.47 Å². The summed E-state index contributed by atoms with van der Waals surface area (Å²) in [6.45, 7) is 0. The van der Waals surface area contributed by atoms with E-state index in [4.69, 9.17) is 4.47 Å². The quantitative estimate of drug-likeness (QED) is 0.600. The van der Waals surface area contributed by atoms with Crippen molar-refractivity contribution in [2.75, 3.05) is 0 Å². The molecule has 0 aliphatic heterocycles. The molecule has 48 valence electrons. The minimum absolute atomic E-state index is 0. The molecule has 0 rings (SSSR count). The molecule has 0 aromatic rings. The van der Waals surface area contributed by atoms with Gasteiger partial charge in [-0.1, -0.05) is 0 Å². The van der Waals surface area contributed by atoms with Crippen LogP contribution in [0.5, 0.6) is 0 Å². The van der Waals surface area contributed by atoms with E-state index in [1.807, 2.05) is 0 Å². The van der Waals surface area contributed by atoms with Crippen LogP contribution >= 0.6 is 49.6 Å². The van der Waals surface area contributed by atoms with E-state index in [1.165, 1.54) is 0 Å². The Morgan fingerprint density at radius 1 is 0.714 bits per heavy atom. The Morgan fingerprint density at radius 2 is 0.714 bits per heavy atom. The molecule has 7 heavy (non-hydrogen) atoms. The van der Waals surface area contributed by atoms with E-state index in [1.54, 1.807) is 0 Å². The zero-order valence-corrected chi connectivity index (χ0v) is 10.4. The molecule has 2 nitrogen and oxygen atoms in total. The summed E-state index contributed by atoms with van der Waals surface area (Å²) < 4.78 is 17.2. The Morgan fingerprint density at radius 3 is 0.714 bits per heavy atom. The van der Waals surface area contributed by atoms with Crippen LogP contribution in [0.1, 0.15) is 0 Å². The van der Waals surface area contributed by atoms with Gasteiger partial charge >= 0.3 is 32.3 Å². The van der Waals surface area contributed by atoms with Gasteiger partial charge in [-0.05, 0) is 0 Å². The van der Waals surface area contributed by atoms with E-state index in [-0.39, 0.29) is 49.6 Å². The summed E-state index contributed by atoms with van der Waals surface area (Å²) in [5, 5.41) is 0. The fraction of sp³-hybridized carbons (Fsp3) is 0. The van der Waals surface area contributed by atoms with E-state index in [0.717, 1.165) is 0 Å². The average Bonchev–Trinajstić information content (AvgIpc) is 0.918. The third kappa shape index (κ3) is 80.4. The van der Waals surface area contributed by atoms with Crippen molar-refractivity contribution in [1.29, 1.82) is 0 Å². The first-order valence-electron chi connectivity index (χ1n) is 0.408. The van der Waals surface area contributed by atoms with Crippen molar-refractivity contribution in [3.63, 3.8) is 0 Å². The molecule has 0 unspecified atom stereocenters. The molecule has 0 amide bonds. The van der Waals surface area contributed by atoms with Crippen LogP contribution in [0.4, 0.5) is 0 Å². The summed E-state index contributed by atoms with van der Waals surface area (Å²) in [5.74, 6) is 0. The molecular weight excluding hydrogens is 412 g/mol. The first-order chi connectivity index (χ1) is 1.41. The molecule has 0 saturated carbocycles. The SMILES string of the molecule is Cl.Cl.Cl.Cl.[O]=[U]=[O]. The van der Waals surface area contributed by atoms with Gasteiger partial charge in [0.1, 0.15) is 0 Å². The maximum atomic E-state index is 8.58. The molecule has 0 fully saturated rings. The van der Waals surface area contributed by atoms with Crippen molar-refractivity contribution in [1.82, 2.24) is 0 Å². The first-order valence-corrected chi connectivity index (χ1v) is 3.81. The predicted molar refractivity (Wildman–Crippen MR) is 30.4 cm³/mol. The second-order valence-electron chi connectivity index (χ2n) is 0.0833. The van der Waals surface area contributed by atoms with Crippen LogP contribution in [0, 0.1) is 27.8 Å². The van der Waals surface area contributed by atoms with Gasteiger partial charge in [0.25, 0.3) is 0 Å². The zero-order valence-electron chi connectivity index (χ0n) is 2.95. The molecule has 0 aliphatic carbocycles. The molecule has 0 atom stereocenters. The Labute approximate surface area is 81.0 Å². The van der Waals surface area contributed by atoms with Crippen molar-refractivity contribution in [2.24, 2.45) is 0 Å². The van der Waals surface area contributed by atoms with Gasteiger partial charge in [-0.2, -0.15) is 0 Å². The van der Waals surface area contributed by atoms with E-state index >= 15 is 0 Å². The topological polar surface area (TPSA) is 34.1 Å². The number of hydrogen-bond donors (Lipinski definition) is 0. The van der Waals surface area contributed by atoms with Crippen molar-refractivity contribution < 1.29 is 32.3 Å². The second kappa shape index (κ2) is 45.8. The van der Waals surface area contributed by atoms with Crippen LogP contribution < -0.4 is 0 Å². The summed E-state index contributed by atoms with van der Waals surface area (Å²) in [4.78, 5) is 0. The zero-order chi connectivity index (χ0) is 2.71.